The van der Waals surface area contributed by atoms with E-state index in [4.69, 9.17) is 24.2 Å². The number of thiophene rings is 1. The largest absolute Gasteiger partial charge is 0.469 e. The smallest absolute Gasteiger partial charge is 0.305 e. The Morgan fingerprint density at radius 3 is 2.85 bits per heavy atom. The van der Waals surface area contributed by atoms with Crippen LogP contribution in [0.1, 0.15) is 66.8 Å². The third kappa shape index (κ3) is 5.12. The van der Waals surface area contributed by atoms with Gasteiger partial charge in [0, 0.05) is 24.3 Å². The number of benzene rings is 1. The van der Waals surface area contributed by atoms with Gasteiger partial charge in [0.25, 0.3) is 0 Å². The maximum Gasteiger partial charge on any atom is 0.305 e. The molecule has 180 valence electrons. The van der Waals surface area contributed by atoms with Crippen molar-refractivity contribution in [3.05, 3.63) is 40.0 Å². The van der Waals surface area contributed by atoms with Gasteiger partial charge in [-0.25, -0.2) is 9.97 Å². The number of carbonyl (C=O) groups is 1. The van der Waals surface area contributed by atoms with Crippen LogP contribution in [0.3, 0.4) is 0 Å². The summed E-state index contributed by atoms with van der Waals surface area (Å²) in [5.41, 5.74) is 2.57. The molecule has 0 amide bonds. The quantitative estimate of drug-likeness (QED) is 0.299. The number of ether oxygens (including phenoxy) is 3. The predicted molar refractivity (Wildman–Crippen MR) is 133 cm³/mol. The van der Waals surface area contributed by atoms with Crippen LogP contribution in [0, 0.1) is 0 Å². The molecule has 1 aliphatic heterocycles. The number of rotatable bonds is 10. The lowest BCUT2D eigenvalue weighted by molar-refractivity contribution is -0.140. The highest BCUT2D eigenvalue weighted by molar-refractivity contribution is 7.19. The molecule has 0 unspecified atom stereocenters. The molecule has 5 rings (SSSR count). The molecule has 2 aliphatic rings. The number of fused-ring (bicyclic) bond motifs is 4. The highest BCUT2D eigenvalue weighted by Gasteiger charge is 2.21. The number of nitrogens with one attached hydrogen (secondary N) is 1. The van der Waals surface area contributed by atoms with Crippen molar-refractivity contribution >= 4 is 33.3 Å². The van der Waals surface area contributed by atoms with Crippen LogP contribution >= 0.6 is 11.3 Å². The van der Waals surface area contributed by atoms with Crippen LogP contribution in [0.2, 0.25) is 0 Å². The summed E-state index contributed by atoms with van der Waals surface area (Å²) in [7, 11) is 1.44. The molecule has 0 atom stereocenters. The molecule has 2 aromatic heterocycles. The first-order valence-electron chi connectivity index (χ1n) is 12.2. The lowest BCUT2D eigenvalue weighted by Crippen LogP contribution is -2.07. The number of hydrogen-bond donors (Lipinski definition) is 1. The Labute approximate surface area is 203 Å². The Morgan fingerprint density at radius 1 is 1.09 bits per heavy atom. The van der Waals surface area contributed by atoms with E-state index in [9.17, 15) is 4.79 Å². The molecule has 0 bridgehead atoms. The van der Waals surface area contributed by atoms with E-state index in [2.05, 4.69) is 11.4 Å². The molecule has 0 fully saturated rings. The van der Waals surface area contributed by atoms with Crippen LogP contribution in [0.4, 0.5) is 5.82 Å². The topological polar surface area (TPSA) is 82.6 Å². The minimum Gasteiger partial charge on any atom is -0.469 e. The maximum absolute atomic E-state index is 11.3. The number of anilines is 1. The van der Waals surface area contributed by atoms with Gasteiger partial charge in [-0.15, -0.1) is 11.3 Å². The number of unbranched alkanes of at least 4 members (excludes halogenated alkanes) is 3. The van der Waals surface area contributed by atoms with E-state index in [0.29, 0.717) is 13.0 Å². The van der Waals surface area contributed by atoms with E-state index in [0.717, 1.165) is 78.5 Å². The molecule has 7 nitrogen and oxygen atoms in total. The summed E-state index contributed by atoms with van der Waals surface area (Å²) >= 11 is 1.84. The van der Waals surface area contributed by atoms with Gasteiger partial charge in [0.1, 0.15) is 16.5 Å². The lowest BCUT2D eigenvalue weighted by Gasteiger charge is -2.14. The molecule has 8 heteroatoms. The van der Waals surface area contributed by atoms with E-state index in [1.807, 2.05) is 23.5 Å². The zero-order chi connectivity index (χ0) is 23.3. The van der Waals surface area contributed by atoms with Gasteiger partial charge in [0.15, 0.2) is 11.5 Å². The van der Waals surface area contributed by atoms with Gasteiger partial charge < -0.3 is 19.5 Å². The number of aromatic nitrogens is 2. The highest BCUT2D eigenvalue weighted by Crippen LogP contribution is 2.39. The second-order valence-electron chi connectivity index (χ2n) is 8.91. The van der Waals surface area contributed by atoms with Gasteiger partial charge in [0.2, 0.25) is 6.79 Å². The maximum atomic E-state index is 11.3. The fourth-order valence-electron chi connectivity index (χ4n) is 4.69. The molecular formula is C26H31N3O4S. The zero-order valence-electron chi connectivity index (χ0n) is 19.7. The third-order valence-corrected chi connectivity index (χ3v) is 7.70. The molecular weight excluding hydrogens is 450 g/mol. The minimum absolute atomic E-state index is 0.131. The average molecular weight is 482 g/mol. The van der Waals surface area contributed by atoms with E-state index >= 15 is 0 Å². The summed E-state index contributed by atoms with van der Waals surface area (Å²) in [4.78, 5) is 23.8. The van der Waals surface area contributed by atoms with Crippen molar-refractivity contribution in [3.63, 3.8) is 0 Å². The standard InChI is InChI=1S/C26H31N3O4S/c1-31-23(30)11-5-3-2-4-10-22-28-25(24-18-8-6-7-9-21(18)34-26(24)29-22)27-15-17-12-13-19-20(14-17)33-16-32-19/h12-14H,2-11,15-16H2,1H3,(H,27,28,29). The second kappa shape index (κ2) is 10.6. The molecule has 1 N–H and O–H groups in total. The van der Waals surface area contributed by atoms with Crippen LogP contribution in [0.15, 0.2) is 18.2 Å². The fourth-order valence-corrected chi connectivity index (χ4v) is 5.97. The van der Waals surface area contributed by atoms with E-state index < -0.39 is 0 Å². The normalized spacial score (nSPS) is 14.3. The van der Waals surface area contributed by atoms with Crippen LogP contribution in [0.5, 0.6) is 11.5 Å². The van der Waals surface area contributed by atoms with E-state index in [-0.39, 0.29) is 12.8 Å². The number of aryl methyl sites for hydroxylation is 3. The van der Waals surface area contributed by atoms with Crippen molar-refractivity contribution in [2.24, 2.45) is 0 Å². The number of hydrogen-bond acceptors (Lipinski definition) is 8. The summed E-state index contributed by atoms with van der Waals surface area (Å²) in [6, 6.07) is 6.07. The zero-order valence-corrected chi connectivity index (χ0v) is 20.5. The first-order valence-corrected chi connectivity index (χ1v) is 13.0. The Balaban J connectivity index is 1.30. The summed E-state index contributed by atoms with van der Waals surface area (Å²) in [6.07, 6.45) is 10.0. The molecule has 1 aliphatic carbocycles. The van der Waals surface area contributed by atoms with Crippen molar-refractivity contribution in [3.8, 4) is 11.5 Å². The molecule has 0 radical (unpaired) electrons. The predicted octanol–water partition coefficient (Wildman–Crippen LogP) is 5.58. The molecule has 0 saturated heterocycles. The van der Waals surface area contributed by atoms with Gasteiger partial charge in [-0.3, -0.25) is 4.79 Å². The van der Waals surface area contributed by atoms with Crippen LogP contribution in [-0.4, -0.2) is 29.8 Å². The van der Waals surface area contributed by atoms with Crippen molar-refractivity contribution < 1.29 is 19.0 Å². The van der Waals surface area contributed by atoms with Crippen molar-refractivity contribution in [2.75, 3.05) is 19.2 Å². The van der Waals surface area contributed by atoms with Crippen molar-refractivity contribution in [1.82, 2.24) is 9.97 Å². The number of methoxy groups -OCH3 is 1. The average Bonchev–Trinajstić information content (AvgIpc) is 3.48. The summed E-state index contributed by atoms with van der Waals surface area (Å²) in [5.74, 6) is 3.31. The molecule has 1 aromatic carbocycles. The number of nitrogens with zero attached hydrogens (tertiary/aromatic N) is 2. The Bertz CT molecular complexity index is 1180. The Hall–Kier alpha value is -2.87. The van der Waals surface area contributed by atoms with E-state index in [1.54, 1.807) is 0 Å². The second-order valence-corrected chi connectivity index (χ2v) is 9.99. The molecule has 3 aromatic rings. The van der Waals surface area contributed by atoms with Gasteiger partial charge in [-0.1, -0.05) is 18.9 Å². The summed E-state index contributed by atoms with van der Waals surface area (Å²) in [5, 5.41) is 4.82. The van der Waals surface area contributed by atoms with Crippen LogP contribution in [-0.2, 0) is 35.3 Å². The molecule has 34 heavy (non-hydrogen) atoms. The SMILES string of the molecule is COC(=O)CCCCCCc1nc(NCc2ccc3c(c2)OCO3)c2c3c(sc2n1)CCCC3. The van der Waals surface area contributed by atoms with Crippen molar-refractivity contribution in [2.45, 2.75) is 70.8 Å². The van der Waals surface area contributed by atoms with Crippen molar-refractivity contribution in [1.29, 1.82) is 0 Å². The number of carbonyl (C=O) groups excluding carboxylic acids is 1. The highest BCUT2D eigenvalue weighted by atomic mass is 32.1. The first kappa shape index (κ1) is 22.9. The third-order valence-electron chi connectivity index (χ3n) is 6.52. The first-order chi connectivity index (χ1) is 16.7. The van der Waals surface area contributed by atoms with Gasteiger partial charge in [-0.2, -0.15) is 0 Å². The van der Waals surface area contributed by atoms with Gasteiger partial charge in [0.05, 0.1) is 12.5 Å². The fraction of sp³-hybridized carbons (Fsp3) is 0.500. The minimum atomic E-state index is -0.131. The molecule has 0 saturated carbocycles. The van der Waals surface area contributed by atoms with Gasteiger partial charge in [-0.05, 0) is 61.8 Å². The molecule has 0 spiro atoms. The summed E-state index contributed by atoms with van der Waals surface area (Å²) < 4.78 is 15.7. The van der Waals surface area contributed by atoms with Gasteiger partial charge >= 0.3 is 5.97 Å². The monoisotopic (exact) mass is 481 g/mol. The Morgan fingerprint density at radius 2 is 1.94 bits per heavy atom. The summed E-state index contributed by atoms with van der Waals surface area (Å²) in [6.45, 7) is 0.951. The van der Waals surface area contributed by atoms with Crippen LogP contribution < -0.4 is 14.8 Å². The van der Waals surface area contributed by atoms with E-state index in [1.165, 1.54) is 35.8 Å². The number of esters is 1. The molecule has 3 heterocycles. The Kier molecular flexibility index (Phi) is 7.13. The lowest BCUT2D eigenvalue weighted by atomic mass is 9.97. The van der Waals surface area contributed by atoms with Crippen LogP contribution in [0.25, 0.3) is 10.2 Å².